The van der Waals surface area contributed by atoms with Gasteiger partial charge < -0.3 is 15.5 Å². The van der Waals surface area contributed by atoms with E-state index in [1.54, 1.807) is 6.20 Å². The van der Waals surface area contributed by atoms with Crippen LogP contribution in [0.4, 0.5) is 17.5 Å². The minimum atomic E-state index is 0.584. The van der Waals surface area contributed by atoms with Crippen LogP contribution in [-0.2, 0) is 0 Å². The standard InChI is InChI=1S/C17H22ClN5/c1-2-19-16-6-8-20-17(22-16)21-11-13-7-9-23(12-13)15-5-3-4-14(18)10-15/h3-6,8,10,13H,2,7,9,11-12H2,1H3,(H2,19,20,21,22). The van der Waals surface area contributed by atoms with E-state index < -0.39 is 0 Å². The lowest BCUT2D eigenvalue weighted by atomic mass is 10.1. The largest absolute Gasteiger partial charge is 0.371 e. The molecule has 5 nitrogen and oxygen atoms in total. The van der Waals surface area contributed by atoms with Crippen LogP contribution in [0, 0.1) is 5.92 Å². The van der Waals surface area contributed by atoms with E-state index in [4.69, 9.17) is 11.6 Å². The number of benzene rings is 1. The third-order valence-electron chi connectivity index (χ3n) is 4.02. The van der Waals surface area contributed by atoms with Gasteiger partial charge in [-0.2, -0.15) is 4.98 Å². The molecule has 2 aromatic rings. The molecule has 1 atom stereocenters. The van der Waals surface area contributed by atoms with Gasteiger partial charge in [0.2, 0.25) is 5.95 Å². The molecule has 122 valence electrons. The van der Waals surface area contributed by atoms with E-state index in [2.05, 4.69) is 38.5 Å². The van der Waals surface area contributed by atoms with Crippen LogP contribution in [0.1, 0.15) is 13.3 Å². The molecular weight excluding hydrogens is 310 g/mol. The highest BCUT2D eigenvalue weighted by Crippen LogP contribution is 2.26. The first-order valence-electron chi connectivity index (χ1n) is 8.06. The Morgan fingerprint density at radius 1 is 1.30 bits per heavy atom. The average Bonchev–Trinajstić information content (AvgIpc) is 3.03. The zero-order valence-electron chi connectivity index (χ0n) is 13.3. The van der Waals surface area contributed by atoms with E-state index in [0.29, 0.717) is 11.9 Å². The third-order valence-corrected chi connectivity index (χ3v) is 4.26. The molecule has 1 aromatic carbocycles. The van der Waals surface area contributed by atoms with Gasteiger partial charge in [0.05, 0.1) is 0 Å². The first-order chi connectivity index (χ1) is 11.2. The molecule has 0 aliphatic carbocycles. The van der Waals surface area contributed by atoms with Crippen LogP contribution >= 0.6 is 11.6 Å². The highest BCUT2D eigenvalue weighted by atomic mass is 35.5. The summed E-state index contributed by atoms with van der Waals surface area (Å²) < 4.78 is 0. The number of anilines is 3. The second kappa shape index (κ2) is 7.51. The van der Waals surface area contributed by atoms with Crippen LogP contribution in [0.15, 0.2) is 36.5 Å². The SMILES string of the molecule is CCNc1ccnc(NCC2CCN(c3cccc(Cl)c3)C2)n1. The molecule has 0 bridgehead atoms. The molecule has 2 heterocycles. The minimum Gasteiger partial charge on any atom is -0.371 e. The molecule has 0 saturated carbocycles. The second-order valence-corrected chi connectivity index (χ2v) is 6.19. The summed E-state index contributed by atoms with van der Waals surface area (Å²) in [5.74, 6) is 2.13. The van der Waals surface area contributed by atoms with Crippen molar-refractivity contribution in [1.82, 2.24) is 9.97 Å². The van der Waals surface area contributed by atoms with Crippen LogP contribution in [0.25, 0.3) is 0 Å². The maximum Gasteiger partial charge on any atom is 0.224 e. The van der Waals surface area contributed by atoms with Crippen LogP contribution in [-0.4, -0.2) is 36.1 Å². The molecule has 0 radical (unpaired) electrons. The maximum atomic E-state index is 6.08. The summed E-state index contributed by atoms with van der Waals surface area (Å²) >= 11 is 6.08. The first-order valence-corrected chi connectivity index (χ1v) is 8.43. The van der Waals surface area contributed by atoms with Crippen molar-refractivity contribution >= 4 is 29.1 Å². The minimum absolute atomic E-state index is 0.584. The molecule has 0 amide bonds. The summed E-state index contributed by atoms with van der Waals surface area (Å²) in [5.41, 5.74) is 1.20. The normalized spacial score (nSPS) is 17.3. The van der Waals surface area contributed by atoms with Crippen molar-refractivity contribution in [3.05, 3.63) is 41.6 Å². The highest BCUT2D eigenvalue weighted by molar-refractivity contribution is 6.30. The van der Waals surface area contributed by atoms with Gasteiger partial charge in [0.25, 0.3) is 0 Å². The van der Waals surface area contributed by atoms with Crippen LogP contribution in [0.5, 0.6) is 0 Å². The molecule has 1 unspecified atom stereocenters. The number of nitrogens with one attached hydrogen (secondary N) is 2. The Morgan fingerprint density at radius 3 is 3.04 bits per heavy atom. The summed E-state index contributed by atoms with van der Waals surface area (Å²) in [5, 5.41) is 7.34. The van der Waals surface area contributed by atoms with Gasteiger partial charge in [-0.15, -0.1) is 0 Å². The number of hydrogen-bond donors (Lipinski definition) is 2. The topological polar surface area (TPSA) is 53.1 Å². The van der Waals surface area contributed by atoms with E-state index in [1.165, 1.54) is 5.69 Å². The number of rotatable bonds is 6. The Balaban J connectivity index is 1.53. The Hall–Kier alpha value is -2.01. The molecule has 0 spiro atoms. The molecule has 1 aliphatic rings. The Bertz CT molecular complexity index is 648. The fraction of sp³-hybridized carbons (Fsp3) is 0.412. The van der Waals surface area contributed by atoms with Crippen LogP contribution in [0.2, 0.25) is 5.02 Å². The summed E-state index contributed by atoms with van der Waals surface area (Å²) in [6.45, 7) is 5.88. The predicted molar refractivity (Wildman–Crippen MR) is 96.5 cm³/mol. The lowest BCUT2D eigenvalue weighted by Gasteiger charge is -2.19. The quantitative estimate of drug-likeness (QED) is 0.848. The lowest BCUT2D eigenvalue weighted by Crippen LogP contribution is -2.22. The molecule has 1 aliphatic heterocycles. The molecule has 3 rings (SSSR count). The van der Waals surface area contributed by atoms with Crippen molar-refractivity contribution in [1.29, 1.82) is 0 Å². The third kappa shape index (κ3) is 4.26. The monoisotopic (exact) mass is 331 g/mol. The van der Waals surface area contributed by atoms with Crippen molar-refractivity contribution in [2.75, 3.05) is 41.7 Å². The zero-order chi connectivity index (χ0) is 16.1. The summed E-state index contributed by atoms with van der Waals surface area (Å²) in [6, 6.07) is 9.94. The van der Waals surface area contributed by atoms with Gasteiger partial charge in [-0.05, 0) is 43.5 Å². The zero-order valence-corrected chi connectivity index (χ0v) is 14.1. The van der Waals surface area contributed by atoms with Crippen molar-refractivity contribution < 1.29 is 0 Å². The van der Waals surface area contributed by atoms with Crippen molar-refractivity contribution in [2.45, 2.75) is 13.3 Å². The van der Waals surface area contributed by atoms with E-state index in [-0.39, 0.29) is 0 Å². The van der Waals surface area contributed by atoms with E-state index in [0.717, 1.165) is 43.4 Å². The van der Waals surface area contributed by atoms with Crippen molar-refractivity contribution in [3.8, 4) is 0 Å². The average molecular weight is 332 g/mol. The van der Waals surface area contributed by atoms with Gasteiger partial charge in [0.1, 0.15) is 5.82 Å². The second-order valence-electron chi connectivity index (χ2n) is 5.76. The van der Waals surface area contributed by atoms with Gasteiger partial charge in [-0.3, -0.25) is 0 Å². The molecule has 1 aromatic heterocycles. The predicted octanol–water partition coefficient (Wildman–Crippen LogP) is 3.50. The van der Waals surface area contributed by atoms with Crippen LogP contribution < -0.4 is 15.5 Å². The number of hydrogen-bond acceptors (Lipinski definition) is 5. The number of nitrogens with zero attached hydrogens (tertiary/aromatic N) is 3. The molecular formula is C17H22ClN5. The number of halogens is 1. The van der Waals surface area contributed by atoms with Crippen LogP contribution in [0.3, 0.4) is 0 Å². The Kier molecular flexibility index (Phi) is 5.18. The van der Waals surface area contributed by atoms with Crippen molar-refractivity contribution in [2.24, 2.45) is 5.92 Å². The fourth-order valence-corrected chi connectivity index (χ4v) is 3.05. The summed E-state index contributed by atoms with van der Waals surface area (Å²) in [4.78, 5) is 11.1. The first kappa shape index (κ1) is 15.9. The molecule has 1 fully saturated rings. The van der Waals surface area contributed by atoms with E-state index in [1.807, 2.05) is 24.3 Å². The lowest BCUT2D eigenvalue weighted by molar-refractivity contribution is 0.620. The van der Waals surface area contributed by atoms with Crippen molar-refractivity contribution in [3.63, 3.8) is 0 Å². The Morgan fingerprint density at radius 2 is 2.22 bits per heavy atom. The van der Waals surface area contributed by atoms with Gasteiger partial charge in [-0.1, -0.05) is 17.7 Å². The van der Waals surface area contributed by atoms with E-state index >= 15 is 0 Å². The number of aromatic nitrogens is 2. The molecule has 23 heavy (non-hydrogen) atoms. The molecule has 1 saturated heterocycles. The fourth-order valence-electron chi connectivity index (χ4n) is 2.87. The summed E-state index contributed by atoms with van der Waals surface area (Å²) in [7, 11) is 0. The highest BCUT2D eigenvalue weighted by Gasteiger charge is 2.22. The van der Waals surface area contributed by atoms with Gasteiger partial charge in [-0.25, -0.2) is 4.98 Å². The van der Waals surface area contributed by atoms with Gasteiger partial charge >= 0.3 is 0 Å². The smallest absolute Gasteiger partial charge is 0.224 e. The Labute approximate surface area is 142 Å². The van der Waals surface area contributed by atoms with E-state index in [9.17, 15) is 0 Å². The maximum absolute atomic E-state index is 6.08. The molecule has 6 heteroatoms. The molecule has 2 N–H and O–H groups in total. The van der Waals surface area contributed by atoms with Gasteiger partial charge in [0, 0.05) is 43.1 Å². The van der Waals surface area contributed by atoms with Gasteiger partial charge in [0.15, 0.2) is 0 Å². The summed E-state index contributed by atoms with van der Waals surface area (Å²) in [6.07, 6.45) is 2.94.